The highest BCUT2D eigenvalue weighted by Gasteiger charge is 1.98. The van der Waals surface area contributed by atoms with Crippen LogP contribution in [0.15, 0.2) is 40.0 Å². The van der Waals surface area contributed by atoms with Gasteiger partial charge in [-0.2, -0.15) is 0 Å². The first-order valence-corrected chi connectivity index (χ1v) is 4.32. The van der Waals surface area contributed by atoms with E-state index in [4.69, 9.17) is 4.52 Å². The van der Waals surface area contributed by atoms with E-state index in [0.717, 1.165) is 11.3 Å². The first kappa shape index (κ1) is 8.74. The molecule has 0 aliphatic rings. The van der Waals surface area contributed by atoms with Crippen LogP contribution in [0.1, 0.15) is 11.3 Å². The van der Waals surface area contributed by atoms with Gasteiger partial charge in [0.2, 0.25) is 0 Å². The van der Waals surface area contributed by atoms with E-state index in [1.54, 1.807) is 37.6 Å². The minimum Gasteiger partial charge on any atom is -0.359 e. The van der Waals surface area contributed by atoms with Crippen molar-refractivity contribution in [3.63, 3.8) is 0 Å². The van der Waals surface area contributed by atoms with Crippen molar-refractivity contribution >= 4 is 0 Å². The van der Waals surface area contributed by atoms with Gasteiger partial charge in [0, 0.05) is 30.1 Å². The minimum atomic E-state index is 0.0545. The van der Waals surface area contributed by atoms with Crippen molar-refractivity contribution < 1.29 is 4.52 Å². The molecule has 0 unspecified atom stereocenters. The average Bonchev–Trinajstić information content (AvgIpc) is 2.64. The Kier molecular flexibility index (Phi) is 2.18. The van der Waals surface area contributed by atoms with E-state index in [0.29, 0.717) is 6.54 Å². The topological polar surface area (TPSA) is 48.0 Å². The summed E-state index contributed by atoms with van der Waals surface area (Å²) in [6, 6.07) is 3.35. The van der Waals surface area contributed by atoms with Crippen LogP contribution in [-0.4, -0.2) is 9.72 Å². The molecule has 2 aromatic rings. The summed E-state index contributed by atoms with van der Waals surface area (Å²) in [6.45, 7) is 2.39. The van der Waals surface area contributed by atoms with Gasteiger partial charge in [-0.3, -0.25) is 4.79 Å². The van der Waals surface area contributed by atoms with Crippen LogP contribution in [0.2, 0.25) is 0 Å². The predicted molar refractivity (Wildman–Crippen MR) is 51.0 cm³/mol. The average molecular weight is 190 g/mol. The van der Waals surface area contributed by atoms with E-state index in [2.05, 4.69) is 5.16 Å². The normalized spacial score (nSPS) is 10.4. The zero-order valence-electron chi connectivity index (χ0n) is 7.80. The van der Waals surface area contributed by atoms with Crippen molar-refractivity contribution in [2.24, 2.45) is 0 Å². The third-order valence-corrected chi connectivity index (χ3v) is 2.00. The van der Waals surface area contributed by atoms with Crippen molar-refractivity contribution in [2.75, 3.05) is 0 Å². The fourth-order valence-electron chi connectivity index (χ4n) is 1.25. The number of pyridine rings is 1. The number of hydrogen-bond acceptors (Lipinski definition) is 3. The van der Waals surface area contributed by atoms with Crippen LogP contribution in [0, 0.1) is 6.92 Å². The van der Waals surface area contributed by atoms with Crippen molar-refractivity contribution in [2.45, 2.75) is 13.5 Å². The van der Waals surface area contributed by atoms with E-state index in [1.807, 2.05) is 4.57 Å². The maximum Gasteiger partial charge on any atom is 0.184 e. The predicted octanol–water partition coefficient (Wildman–Crippen LogP) is 1.19. The van der Waals surface area contributed by atoms with Crippen LogP contribution in [0.3, 0.4) is 0 Å². The highest BCUT2D eigenvalue weighted by molar-refractivity contribution is 5.09. The van der Waals surface area contributed by atoms with Gasteiger partial charge in [-0.1, -0.05) is 5.16 Å². The quantitative estimate of drug-likeness (QED) is 0.714. The molecule has 14 heavy (non-hydrogen) atoms. The van der Waals surface area contributed by atoms with Gasteiger partial charge in [-0.05, 0) is 6.92 Å². The third-order valence-electron chi connectivity index (χ3n) is 2.00. The number of nitrogens with zero attached hydrogens (tertiary/aromatic N) is 2. The molecule has 0 saturated heterocycles. The van der Waals surface area contributed by atoms with Gasteiger partial charge in [0.15, 0.2) is 11.2 Å². The Morgan fingerprint density at radius 3 is 3.00 bits per heavy atom. The Balaban J connectivity index is 2.26. The third kappa shape index (κ3) is 1.74. The first-order chi connectivity index (χ1) is 6.75. The Hall–Kier alpha value is -1.84. The van der Waals surface area contributed by atoms with Gasteiger partial charge >= 0.3 is 0 Å². The van der Waals surface area contributed by atoms with Crippen LogP contribution >= 0.6 is 0 Å². The standard InChI is InChI=1S/C10H10N2O2/c1-8-6-12(5-3-10(8)13)7-9-2-4-11-14-9/h2-6H,7H2,1H3. The van der Waals surface area contributed by atoms with Gasteiger partial charge < -0.3 is 9.09 Å². The smallest absolute Gasteiger partial charge is 0.184 e. The molecule has 4 nitrogen and oxygen atoms in total. The van der Waals surface area contributed by atoms with E-state index in [1.165, 1.54) is 0 Å². The van der Waals surface area contributed by atoms with Crippen LogP contribution in [0.5, 0.6) is 0 Å². The van der Waals surface area contributed by atoms with E-state index >= 15 is 0 Å². The summed E-state index contributed by atoms with van der Waals surface area (Å²) in [4.78, 5) is 11.1. The summed E-state index contributed by atoms with van der Waals surface area (Å²) in [6.07, 6.45) is 5.13. The Morgan fingerprint density at radius 2 is 2.36 bits per heavy atom. The summed E-state index contributed by atoms with van der Waals surface area (Å²) in [7, 11) is 0. The zero-order chi connectivity index (χ0) is 9.97. The van der Waals surface area contributed by atoms with E-state index in [-0.39, 0.29) is 5.43 Å². The van der Waals surface area contributed by atoms with E-state index < -0.39 is 0 Å². The number of hydrogen-bond donors (Lipinski definition) is 0. The Labute approximate surface area is 80.8 Å². The number of aryl methyl sites for hydroxylation is 1. The highest BCUT2D eigenvalue weighted by Crippen LogP contribution is 2.00. The zero-order valence-corrected chi connectivity index (χ0v) is 7.80. The molecular weight excluding hydrogens is 180 g/mol. The SMILES string of the molecule is Cc1cn(Cc2ccno2)ccc1=O. The summed E-state index contributed by atoms with van der Waals surface area (Å²) in [5.41, 5.74) is 0.783. The fraction of sp³-hybridized carbons (Fsp3) is 0.200. The first-order valence-electron chi connectivity index (χ1n) is 4.32. The van der Waals surface area contributed by atoms with Crippen LogP contribution in [-0.2, 0) is 6.54 Å². The van der Waals surface area contributed by atoms with E-state index in [9.17, 15) is 4.79 Å². The van der Waals surface area contributed by atoms with Gasteiger partial charge in [-0.15, -0.1) is 0 Å². The molecule has 0 amide bonds. The summed E-state index contributed by atoms with van der Waals surface area (Å²) in [5.74, 6) is 0.771. The molecule has 2 rings (SSSR count). The minimum absolute atomic E-state index is 0.0545. The lowest BCUT2D eigenvalue weighted by Gasteiger charge is -2.03. The van der Waals surface area contributed by atoms with Gasteiger partial charge in [0.25, 0.3) is 0 Å². The molecule has 0 N–H and O–H groups in total. The molecule has 2 heterocycles. The lowest BCUT2D eigenvalue weighted by atomic mass is 10.3. The molecule has 0 fully saturated rings. The molecule has 0 bridgehead atoms. The van der Waals surface area contributed by atoms with Crippen molar-refractivity contribution in [3.05, 3.63) is 52.3 Å². The maximum absolute atomic E-state index is 11.1. The van der Waals surface area contributed by atoms with Crippen LogP contribution < -0.4 is 5.43 Å². The van der Waals surface area contributed by atoms with Gasteiger partial charge in [0.1, 0.15) is 0 Å². The molecule has 0 aromatic carbocycles. The monoisotopic (exact) mass is 190 g/mol. The van der Waals surface area contributed by atoms with Gasteiger partial charge in [-0.25, -0.2) is 0 Å². The Morgan fingerprint density at radius 1 is 1.50 bits per heavy atom. The number of aromatic nitrogens is 2. The molecule has 0 aliphatic heterocycles. The largest absolute Gasteiger partial charge is 0.359 e. The second-order valence-corrected chi connectivity index (χ2v) is 3.14. The second-order valence-electron chi connectivity index (χ2n) is 3.14. The molecule has 0 radical (unpaired) electrons. The van der Waals surface area contributed by atoms with Crippen LogP contribution in [0.25, 0.3) is 0 Å². The highest BCUT2D eigenvalue weighted by atomic mass is 16.5. The lowest BCUT2D eigenvalue weighted by Crippen LogP contribution is -2.08. The summed E-state index contributed by atoms with van der Waals surface area (Å²) >= 11 is 0. The summed E-state index contributed by atoms with van der Waals surface area (Å²) < 4.78 is 6.84. The molecule has 4 heteroatoms. The van der Waals surface area contributed by atoms with Gasteiger partial charge in [0.05, 0.1) is 12.7 Å². The molecular formula is C10H10N2O2. The molecule has 2 aromatic heterocycles. The molecule has 0 atom stereocenters. The fourth-order valence-corrected chi connectivity index (χ4v) is 1.25. The van der Waals surface area contributed by atoms with Crippen molar-refractivity contribution in [3.8, 4) is 0 Å². The van der Waals surface area contributed by atoms with Crippen LogP contribution in [0.4, 0.5) is 0 Å². The van der Waals surface area contributed by atoms with Crippen molar-refractivity contribution in [1.82, 2.24) is 9.72 Å². The Bertz CT molecular complexity index is 471. The molecule has 0 saturated carbocycles. The maximum atomic E-state index is 11.1. The van der Waals surface area contributed by atoms with Crippen molar-refractivity contribution in [1.29, 1.82) is 0 Å². The molecule has 0 aliphatic carbocycles. The number of rotatable bonds is 2. The second kappa shape index (κ2) is 3.49. The summed E-state index contributed by atoms with van der Waals surface area (Å²) in [5, 5.41) is 3.61. The lowest BCUT2D eigenvalue weighted by molar-refractivity contribution is 0.376. The molecule has 72 valence electrons. The molecule has 0 spiro atoms.